The molecule has 1 unspecified atom stereocenters. The third-order valence-corrected chi connectivity index (χ3v) is 3.17. The van der Waals surface area contributed by atoms with Crippen molar-refractivity contribution in [2.75, 3.05) is 19.7 Å². The fourth-order valence-electron chi connectivity index (χ4n) is 1.78. The van der Waals surface area contributed by atoms with E-state index in [0.29, 0.717) is 4.47 Å². The number of nitrogens with one attached hydrogen (secondary N) is 2. The molecule has 0 aromatic heterocycles. The van der Waals surface area contributed by atoms with Crippen LogP contribution in [0.1, 0.15) is 6.42 Å². The zero-order valence-electron chi connectivity index (χ0n) is 9.71. The van der Waals surface area contributed by atoms with Crippen molar-refractivity contribution in [2.24, 2.45) is 0 Å². The monoisotopic (exact) mass is 316 g/mol. The third-order valence-electron chi connectivity index (χ3n) is 2.68. The Labute approximate surface area is 113 Å². The van der Waals surface area contributed by atoms with Crippen LogP contribution in [0.2, 0.25) is 0 Å². The Balaban J connectivity index is 1.81. The largest absolute Gasteiger partial charge is 0.481 e. The molecule has 1 heterocycles. The maximum absolute atomic E-state index is 13.4. The van der Waals surface area contributed by atoms with Crippen molar-refractivity contribution >= 4 is 21.8 Å². The lowest BCUT2D eigenvalue weighted by atomic mass is 10.2. The van der Waals surface area contributed by atoms with Crippen molar-refractivity contribution in [3.8, 4) is 5.75 Å². The van der Waals surface area contributed by atoms with Gasteiger partial charge >= 0.3 is 0 Å². The van der Waals surface area contributed by atoms with Gasteiger partial charge < -0.3 is 15.4 Å². The van der Waals surface area contributed by atoms with Crippen LogP contribution in [0.5, 0.6) is 5.75 Å². The average molecular weight is 317 g/mol. The van der Waals surface area contributed by atoms with Crippen LogP contribution >= 0.6 is 15.9 Å². The summed E-state index contributed by atoms with van der Waals surface area (Å²) in [6.07, 6.45) is 0.915. The highest BCUT2D eigenvalue weighted by Crippen LogP contribution is 2.21. The minimum Gasteiger partial charge on any atom is -0.481 e. The van der Waals surface area contributed by atoms with Crippen molar-refractivity contribution in [3.63, 3.8) is 0 Å². The lowest BCUT2D eigenvalue weighted by Crippen LogP contribution is -2.39. The van der Waals surface area contributed by atoms with E-state index in [4.69, 9.17) is 4.74 Å². The molecule has 1 aliphatic rings. The standard InChI is InChI=1S/C12H14BrFN2O2/c13-8-1-2-11(10(14)5-8)18-7-12(17)16-9-3-4-15-6-9/h1-2,5,9,15H,3-4,6-7H2,(H,16,17). The van der Waals surface area contributed by atoms with Crippen molar-refractivity contribution in [1.82, 2.24) is 10.6 Å². The Morgan fingerprint density at radius 2 is 2.44 bits per heavy atom. The van der Waals surface area contributed by atoms with E-state index < -0.39 is 5.82 Å². The van der Waals surface area contributed by atoms with Gasteiger partial charge in [-0.05, 0) is 31.2 Å². The van der Waals surface area contributed by atoms with E-state index >= 15 is 0 Å². The first kappa shape index (κ1) is 13.3. The van der Waals surface area contributed by atoms with Crippen LogP contribution in [0.15, 0.2) is 22.7 Å². The second-order valence-corrected chi connectivity index (χ2v) is 5.04. The van der Waals surface area contributed by atoms with Crippen LogP contribution < -0.4 is 15.4 Å². The minimum atomic E-state index is -0.486. The molecule has 1 amide bonds. The predicted octanol–water partition coefficient (Wildman–Crippen LogP) is 1.45. The third kappa shape index (κ3) is 3.68. The molecule has 0 radical (unpaired) electrons. The number of carbonyl (C=O) groups excluding carboxylic acids is 1. The number of ether oxygens (including phenoxy) is 1. The first-order valence-electron chi connectivity index (χ1n) is 5.73. The molecule has 1 fully saturated rings. The molecule has 1 aromatic carbocycles. The van der Waals surface area contributed by atoms with Crippen LogP contribution in [0.3, 0.4) is 0 Å². The van der Waals surface area contributed by atoms with Crippen LogP contribution in [-0.2, 0) is 4.79 Å². The number of hydrogen-bond donors (Lipinski definition) is 2. The van der Waals surface area contributed by atoms with Gasteiger partial charge in [0.1, 0.15) is 0 Å². The maximum Gasteiger partial charge on any atom is 0.258 e. The topological polar surface area (TPSA) is 50.4 Å². The average Bonchev–Trinajstić information content (AvgIpc) is 2.80. The first-order valence-corrected chi connectivity index (χ1v) is 6.52. The summed E-state index contributed by atoms with van der Waals surface area (Å²) in [5, 5.41) is 5.97. The minimum absolute atomic E-state index is 0.0814. The molecule has 1 saturated heterocycles. The molecule has 0 bridgehead atoms. The second kappa shape index (κ2) is 6.15. The summed E-state index contributed by atoms with van der Waals surface area (Å²) in [5.41, 5.74) is 0. The lowest BCUT2D eigenvalue weighted by Gasteiger charge is -2.12. The van der Waals surface area contributed by atoms with E-state index in [-0.39, 0.29) is 24.3 Å². The molecular weight excluding hydrogens is 303 g/mol. The molecule has 0 spiro atoms. The molecule has 2 N–H and O–H groups in total. The Morgan fingerprint density at radius 3 is 3.11 bits per heavy atom. The van der Waals surface area contributed by atoms with E-state index in [0.717, 1.165) is 19.5 Å². The van der Waals surface area contributed by atoms with Gasteiger partial charge in [-0.1, -0.05) is 15.9 Å². The zero-order valence-corrected chi connectivity index (χ0v) is 11.3. The highest BCUT2D eigenvalue weighted by atomic mass is 79.9. The number of amides is 1. The van der Waals surface area contributed by atoms with Gasteiger partial charge in [0.05, 0.1) is 0 Å². The highest BCUT2D eigenvalue weighted by molar-refractivity contribution is 9.10. The molecule has 18 heavy (non-hydrogen) atoms. The fraction of sp³-hybridized carbons (Fsp3) is 0.417. The SMILES string of the molecule is O=C(COc1ccc(Br)cc1F)NC1CCNC1. The molecule has 0 saturated carbocycles. The smallest absolute Gasteiger partial charge is 0.258 e. The predicted molar refractivity (Wildman–Crippen MR) is 69.0 cm³/mol. The Morgan fingerprint density at radius 1 is 1.61 bits per heavy atom. The van der Waals surface area contributed by atoms with Crippen molar-refractivity contribution in [3.05, 3.63) is 28.5 Å². The second-order valence-electron chi connectivity index (χ2n) is 4.12. The van der Waals surface area contributed by atoms with Gasteiger partial charge in [-0.3, -0.25) is 4.79 Å². The van der Waals surface area contributed by atoms with Gasteiger partial charge in [0.25, 0.3) is 5.91 Å². The summed E-state index contributed by atoms with van der Waals surface area (Å²) >= 11 is 3.15. The molecule has 1 aromatic rings. The number of carbonyl (C=O) groups is 1. The van der Waals surface area contributed by atoms with Crippen molar-refractivity contribution < 1.29 is 13.9 Å². The molecule has 4 nitrogen and oxygen atoms in total. The number of halogens is 2. The van der Waals surface area contributed by atoms with Crippen molar-refractivity contribution in [2.45, 2.75) is 12.5 Å². The van der Waals surface area contributed by atoms with Gasteiger partial charge in [0.15, 0.2) is 18.2 Å². The number of benzene rings is 1. The quantitative estimate of drug-likeness (QED) is 0.884. The van der Waals surface area contributed by atoms with Gasteiger partial charge in [0.2, 0.25) is 0 Å². The van der Waals surface area contributed by atoms with E-state index in [1.165, 1.54) is 12.1 Å². The van der Waals surface area contributed by atoms with Crippen LogP contribution in [0.25, 0.3) is 0 Å². The molecule has 98 valence electrons. The number of rotatable bonds is 4. The zero-order chi connectivity index (χ0) is 13.0. The molecule has 2 rings (SSSR count). The fourth-order valence-corrected chi connectivity index (χ4v) is 2.12. The maximum atomic E-state index is 13.4. The lowest BCUT2D eigenvalue weighted by molar-refractivity contribution is -0.123. The van der Waals surface area contributed by atoms with E-state index in [9.17, 15) is 9.18 Å². The summed E-state index contributed by atoms with van der Waals surface area (Å²) in [7, 11) is 0. The van der Waals surface area contributed by atoms with Gasteiger partial charge in [0, 0.05) is 17.1 Å². The summed E-state index contributed by atoms with van der Waals surface area (Å²) in [5.74, 6) is -0.636. The van der Waals surface area contributed by atoms with E-state index in [2.05, 4.69) is 26.6 Å². The molecule has 0 aliphatic carbocycles. The Kier molecular flexibility index (Phi) is 4.54. The Bertz CT molecular complexity index is 436. The molecule has 1 aliphatic heterocycles. The van der Waals surface area contributed by atoms with Crippen LogP contribution in [-0.4, -0.2) is 31.6 Å². The van der Waals surface area contributed by atoms with Gasteiger partial charge in [-0.25, -0.2) is 4.39 Å². The summed E-state index contributed by atoms with van der Waals surface area (Å²) in [6, 6.07) is 4.60. The molecule has 6 heteroatoms. The van der Waals surface area contributed by atoms with Crippen LogP contribution in [0, 0.1) is 5.82 Å². The van der Waals surface area contributed by atoms with Crippen molar-refractivity contribution in [1.29, 1.82) is 0 Å². The summed E-state index contributed by atoms with van der Waals surface area (Å²) in [6.45, 7) is 1.51. The first-order chi connectivity index (χ1) is 8.65. The normalized spacial score (nSPS) is 18.7. The van der Waals surface area contributed by atoms with E-state index in [1.807, 2.05) is 0 Å². The molecular formula is C12H14BrFN2O2. The van der Waals surface area contributed by atoms with Gasteiger partial charge in [-0.15, -0.1) is 0 Å². The van der Waals surface area contributed by atoms with Crippen LogP contribution in [0.4, 0.5) is 4.39 Å². The highest BCUT2D eigenvalue weighted by Gasteiger charge is 2.17. The number of hydrogen-bond acceptors (Lipinski definition) is 3. The Hall–Kier alpha value is -1.14. The summed E-state index contributed by atoms with van der Waals surface area (Å²) in [4.78, 5) is 11.6. The van der Waals surface area contributed by atoms with E-state index in [1.54, 1.807) is 6.07 Å². The molecule has 1 atom stereocenters. The van der Waals surface area contributed by atoms with Gasteiger partial charge in [-0.2, -0.15) is 0 Å². The summed E-state index contributed by atoms with van der Waals surface area (Å²) < 4.78 is 19.2.